The third-order valence-electron chi connectivity index (χ3n) is 3.23. The van der Waals surface area contributed by atoms with Crippen molar-refractivity contribution in [2.24, 2.45) is 0 Å². The summed E-state index contributed by atoms with van der Waals surface area (Å²) in [5, 5.41) is 0. The molecule has 0 unspecified atom stereocenters. The second kappa shape index (κ2) is 5.94. The van der Waals surface area contributed by atoms with Crippen LogP contribution in [0.2, 0.25) is 0 Å². The van der Waals surface area contributed by atoms with Crippen LogP contribution in [0.25, 0.3) is 0 Å². The maximum atomic E-state index is 13.1. The van der Waals surface area contributed by atoms with Crippen LogP contribution in [0, 0.1) is 5.82 Å². The first kappa shape index (κ1) is 13.0. The van der Waals surface area contributed by atoms with Crippen LogP contribution in [0.15, 0.2) is 22.7 Å². The molecule has 0 atom stereocenters. The van der Waals surface area contributed by atoms with Crippen molar-refractivity contribution < 1.29 is 9.13 Å². The predicted molar refractivity (Wildman–Crippen MR) is 69.4 cm³/mol. The SMILES string of the molecule is CN(Cc1ccc(F)c(Br)c1)C1CCOCC1. The molecule has 1 saturated heterocycles. The van der Waals surface area contributed by atoms with Gasteiger partial charge in [0, 0.05) is 25.8 Å². The van der Waals surface area contributed by atoms with Crippen LogP contribution >= 0.6 is 15.9 Å². The Morgan fingerprint density at radius 3 is 2.76 bits per heavy atom. The molecule has 2 rings (SSSR count). The number of nitrogens with zero attached hydrogens (tertiary/aromatic N) is 1. The van der Waals surface area contributed by atoms with Crippen molar-refractivity contribution in [1.29, 1.82) is 0 Å². The maximum absolute atomic E-state index is 13.1. The van der Waals surface area contributed by atoms with E-state index in [4.69, 9.17) is 4.74 Å². The van der Waals surface area contributed by atoms with Gasteiger partial charge in [-0.05, 0) is 53.5 Å². The van der Waals surface area contributed by atoms with Crippen molar-refractivity contribution in [3.8, 4) is 0 Å². The van der Waals surface area contributed by atoms with Crippen molar-refractivity contribution in [3.63, 3.8) is 0 Å². The zero-order chi connectivity index (χ0) is 12.3. The highest BCUT2D eigenvalue weighted by Crippen LogP contribution is 2.20. The molecule has 0 aromatic heterocycles. The van der Waals surface area contributed by atoms with Gasteiger partial charge in [-0.25, -0.2) is 4.39 Å². The van der Waals surface area contributed by atoms with Crippen LogP contribution < -0.4 is 0 Å². The minimum atomic E-state index is -0.206. The Labute approximate surface area is 110 Å². The molecule has 1 aliphatic rings. The molecule has 2 nitrogen and oxygen atoms in total. The number of rotatable bonds is 3. The summed E-state index contributed by atoms with van der Waals surface area (Å²) >= 11 is 3.22. The summed E-state index contributed by atoms with van der Waals surface area (Å²) in [7, 11) is 2.12. The van der Waals surface area contributed by atoms with E-state index in [1.54, 1.807) is 0 Å². The van der Waals surface area contributed by atoms with E-state index in [2.05, 4.69) is 27.9 Å². The summed E-state index contributed by atoms with van der Waals surface area (Å²) in [6.07, 6.45) is 2.16. The Hall–Kier alpha value is -0.450. The zero-order valence-electron chi connectivity index (χ0n) is 9.96. The molecular weight excluding hydrogens is 285 g/mol. The van der Waals surface area contributed by atoms with E-state index in [0.717, 1.165) is 38.2 Å². The molecule has 1 heterocycles. The Morgan fingerprint density at radius 1 is 1.41 bits per heavy atom. The monoisotopic (exact) mass is 301 g/mol. The van der Waals surface area contributed by atoms with Crippen LogP contribution in [0.4, 0.5) is 4.39 Å². The van der Waals surface area contributed by atoms with E-state index in [0.29, 0.717) is 10.5 Å². The lowest BCUT2D eigenvalue weighted by molar-refractivity contribution is 0.0407. The molecule has 0 N–H and O–H groups in total. The van der Waals surface area contributed by atoms with Gasteiger partial charge >= 0.3 is 0 Å². The molecule has 0 spiro atoms. The molecule has 1 aromatic carbocycles. The highest BCUT2D eigenvalue weighted by molar-refractivity contribution is 9.10. The highest BCUT2D eigenvalue weighted by Gasteiger charge is 2.18. The first-order chi connectivity index (χ1) is 8.16. The first-order valence-electron chi connectivity index (χ1n) is 5.89. The molecule has 0 amide bonds. The van der Waals surface area contributed by atoms with Crippen LogP contribution in [0.3, 0.4) is 0 Å². The second-order valence-electron chi connectivity index (χ2n) is 4.51. The van der Waals surface area contributed by atoms with Gasteiger partial charge in [-0.2, -0.15) is 0 Å². The fourth-order valence-electron chi connectivity index (χ4n) is 2.18. The largest absolute Gasteiger partial charge is 0.381 e. The van der Waals surface area contributed by atoms with Gasteiger partial charge in [0.05, 0.1) is 4.47 Å². The standard InChI is InChI=1S/C13H17BrFNO/c1-16(11-4-6-17-7-5-11)9-10-2-3-13(15)12(14)8-10/h2-3,8,11H,4-7,9H2,1H3. The average Bonchev–Trinajstić information content (AvgIpc) is 2.35. The summed E-state index contributed by atoms with van der Waals surface area (Å²) in [5.74, 6) is -0.206. The van der Waals surface area contributed by atoms with Crippen molar-refractivity contribution in [3.05, 3.63) is 34.1 Å². The maximum Gasteiger partial charge on any atom is 0.137 e. The molecule has 94 valence electrons. The van der Waals surface area contributed by atoms with Crippen LogP contribution in [0.5, 0.6) is 0 Å². The average molecular weight is 302 g/mol. The number of hydrogen-bond acceptors (Lipinski definition) is 2. The van der Waals surface area contributed by atoms with E-state index in [1.807, 2.05) is 12.1 Å². The summed E-state index contributed by atoms with van der Waals surface area (Å²) in [6, 6.07) is 5.78. The van der Waals surface area contributed by atoms with E-state index < -0.39 is 0 Å². The normalized spacial score (nSPS) is 17.6. The lowest BCUT2D eigenvalue weighted by atomic mass is 10.1. The van der Waals surface area contributed by atoms with Gasteiger partial charge in [0.1, 0.15) is 5.82 Å². The van der Waals surface area contributed by atoms with E-state index in [9.17, 15) is 4.39 Å². The molecular formula is C13H17BrFNO. The molecule has 17 heavy (non-hydrogen) atoms. The number of benzene rings is 1. The Morgan fingerprint density at radius 2 is 2.12 bits per heavy atom. The van der Waals surface area contributed by atoms with Gasteiger partial charge in [-0.15, -0.1) is 0 Å². The summed E-state index contributed by atoms with van der Waals surface area (Å²) in [4.78, 5) is 2.32. The Kier molecular flexibility index (Phi) is 4.54. The summed E-state index contributed by atoms with van der Waals surface area (Å²) in [5.41, 5.74) is 1.13. The first-order valence-corrected chi connectivity index (χ1v) is 6.68. The number of hydrogen-bond donors (Lipinski definition) is 0. The molecule has 0 saturated carbocycles. The van der Waals surface area contributed by atoms with E-state index >= 15 is 0 Å². The van der Waals surface area contributed by atoms with Crippen LogP contribution in [-0.2, 0) is 11.3 Å². The molecule has 4 heteroatoms. The van der Waals surface area contributed by atoms with Crippen LogP contribution in [-0.4, -0.2) is 31.2 Å². The molecule has 0 radical (unpaired) electrons. The highest BCUT2D eigenvalue weighted by atomic mass is 79.9. The third kappa shape index (κ3) is 3.50. The minimum absolute atomic E-state index is 0.206. The summed E-state index contributed by atoms with van der Waals surface area (Å²) in [6.45, 7) is 2.55. The lowest BCUT2D eigenvalue weighted by Crippen LogP contribution is -2.36. The zero-order valence-corrected chi connectivity index (χ0v) is 11.5. The van der Waals surface area contributed by atoms with Crippen molar-refractivity contribution in [1.82, 2.24) is 4.90 Å². The molecule has 1 aliphatic heterocycles. The van der Waals surface area contributed by atoms with Crippen molar-refractivity contribution in [2.75, 3.05) is 20.3 Å². The lowest BCUT2D eigenvalue weighted by Gasteiger charge is -2.31. The quantitative estimate of drug-likeness (QED) is 0.850. The van der Waals surface area contributed by atoms with Gasteiger partial charge in [0.25, 0.3) is 0 Å². The molecule has 1 aromatic rings. The Balaban J connectivity index is 1.96. The van der Waals surface area contributed by atoms with Gasteiger partial charge in [-0.3, -0.25) is 4.90 Å². The third-order valence-corrected chi connectivity index (χ3v) is 3.84. The van der Waals surface area contributed by atoms with Gasteiger partial charge in [0.2, 0.25) is 0 Å². The van der Waals surface area contributed by atoms with E-state index in [1.165, 1.54) is 6.07 Å². The van der Waals surface area contributed by atoms with Crippen molar-refractivity contribution >= 4 is 15.9 Å². The molecule has 0 aliphatic carbocycles. The fourth-order valence-corrected chi connectivity index (χ4v) is 2.61. The van der Waals surface area contributed by atoms with Crippen molar-refractivity contribution in [2.45, 2.75) is 25.4 Å². The smallest absolute Gasteiger partial charge is 0.137 e. The van der Waals surface area contributed by atoms with E-state index in [-0.39, 0.29) is 5.82 Å². The van der Waals surface area contributed by atoms with Crippen LogP contribution in [0.1, 0.15) is 18.4 Å². The Bertz CT molecular complexity index is 380. The van der Waals surface area contributed by atoms with Gasteiger partial charge < -0.3 is 4.74 Å². The number of ether oxygens (including phenoxy) is 1. The number of halogens is 2. The molecule has 1 fully saturated rings. The minimum Gasteiger partial charge on any atom is -0.381 e. The summed E-state index contributed by atoms with van der Waals surface area (Å²) < 4.78 is 19.0. The topological polar surface area (TPSA) is 12.5 Å². The predicted octanol–water partition coefficient (Wildman–Crippen LogP) is 3.20. The van der Waals surface area contributed by atoms with Gasteiger partial charge in [0.15, 0.2) is 0 Å². The molecule has 0 bridgehead atoms. The second-order valence-corrected chi connectivity index (χ2v) is 5.36. The fraction of sp³-hybridized carbons (Fsp3) is 0.538. The van der Waals surface area contributed by atoms with Gasteiger partial charge in [-0.1, -0.05) is 6.07 Å².